The molecule has 0 radical (unpaired) electrons. The van der Waals surface area contributed by atoms with Crippen molar-refractivity contribution in [2.75, 3.05) is 33.4 Å². The highest BCUT2D eigenvalue weighted by Crippen LogP contribution is 2.14. The van der Waals surface area contributed by atoms with Crippen LogP contribution in [0.1, 0.15) is 50.7 Å². The summed E-state index contributed by atoms with van der Waals surface area (Å²) in [5, 5.41) is 3.38. The van der Waals surface area contributed by atoms with Crippen molar-refractivity contribution >= 4 is 29.9 Å². The van der Waals surface area contributed by atoms with E-state index in [4.69, 9.17) is 14.5 Å². The normalized spacial score (nSPS) is 15.3. The molecule has 2 rings (SSSR count). The molecule has 1 N–H and O–H groups in total. The van der Waals surface area contributed by atoms with E-state index in [9.17, 15) is 0 Å². The van der Waals surface area contributed by atoms with Gasteiger partial charge in [-0.15, -0.1) is 24.0 Å². The number of guanidine groups is 1. The summed E-state index contributed by atoms with van der Waals surface area (Å²) >= 11 is 0. The van der Waals surface area contributed by atoms with Crippen LogP contribution in [0.15, 0.2) is 29.3 Å². The summed E-state index contributed by atoms with van der Waals surface area (Å²) in [5.41, 5.74) is 2.44. The molecule has 1 fully saturated rings. The molecule has 0 saturated carbocycles. The smallest absolute Gasteiger partial charge is 0.193 e. The van der Waals surface area contributed by atoms with Gasteiger partial charge in [0.25, 0.3) is 0 Å². The molecule has 1 aromatic rings. The molecule has 1 heterocycles. The molecule has 1 aliphatic rings. The lowest BCUT2D eigenvalue weighted by Crippen LogP contribution is -2.39. The second-order valence-corrected chi connectivity index (χ2v) is 6.89. The first-order valence-electron chi connectivity index (χ1n) is 9.99. The fraction of sp³-hybridized carbons (Fsp3) is 0.667. The minimum absolute atomic E-state index is 0. The standard InChI is InChI=1S/C21H35N3O2.HI/c1-4-6-12-24(3)21(22-5-2)23-16-18-8-7-9-19(15-18)17-26-20-10-13-25-14-11-20;/h7-9,15,20H,4-6,10-14,16-17H2,1-3H3,(H,22,23);1H. The first-order valence-corrected chi connectivity index (χ1v) is 9.99. The first-order chi connectivity index (χ1) is 12.7. The van der Waals surface area contributed by atoms with Gasteiger partial charge in [-0.2, -0.15) is 0 Å². The highest BCUT2D eigenvalue weighted by molar-refractivity contribution is 14.0. The maximum absolute atomic E-state index is 6.03. The van der Waals surface area contributed by atoms with Gasteiger partial charge in [0.2, 0.25) is 0 Å². The molecule has 1 aliphatic heterocycles. The number of nitrogens with one attached hydrogen (secondary N) is 1. The van der Waals surface area contributed by atoms with E-state index in [-0.39, 0.29) is 24.0 Å². The first kappa shape index (κ1) is 24.2. The van der Waals surface area contributed by atoms with Gasteiger partial charge in [-0.25, -0.2) is 4.99 Å². The van der Waals surface area contributed by atoms with Crippen LogP contribution in [0.25, 0.3) is 0 Å². The highest BCUT2D eigenvalue weighted by atomic mass is 127. The van der Waals surface area contributed by atoms with Crippen molar-refractivity contribution in [3.05, 3.63) is 35.4 Å². The molecular formula is C21H36IN3O2. The number of halogens is 1. The fourth-order valence-electron chi connectivity index (χ4n) is 3.01. The van der Waals surface area contributed by atoms with Crippen LogP contribution in [-0.4, -0.2) is 50.3 Å². The Kier molecular flexibility index (Phi) is 12.7. The summed E-state index contributed by atoms with van der Waals surface area (Å²) in [4.78, 5) is 7.02. The van der Waals surface area contributed by atoms with E-state index in [1.807, 2.05) is 0 Å². The van der Waals surface area contributed by atoms with Crippen molar-refractivity contribution in [1.82, 2.24) is 10.2 Å². The number of unbranched alkanes of at least 4 members (excludes halogenated alkanes) is 1. The van der Waals surface area contributed by atoms with Crippen LogP contribution < -0.4 is 5.32 Å². The Hall–Kier alpha value is -0.860. The van der Waals surface area contributed by atoms with E-state index in [0.717, 1.165) is 45.1 Å². The van der Waals surface area contributed by atoms with Gasteiger partial charge in [-0.05, 0) is 37.3 Å². The maximum atomic E-state index is 6.03. The molecule has 0 atom stereocenters. The Balaban J connectivity index is 0.00000364. The zero-order chi connectivity index (χ0) is 18.6. The SMILES string of the molecule is CCCCN(C)C(=NCc1cccc(COC2CCOCC2)c1)NCC.I. The summed E-state index contributed by atoms with van der Waals surface area (Å²) in [5.74, 6) is 0.977. The summed E-state index contributed by atoms with van der Waals surface area (Å²) < 4.78 is 11.4. The lowest BCUT2D eigenvalue weighted by Gasteiger charge is -2.22. The molecule has 0 spiro atoms. The maximum Gasteiger partial charge on any atom is 0.193 e. The number of hydrogen-bond donors (Lipinski definition) is 1. The van der Waals surface area contributed by atoms with Gasteiger partial charge in [0.05, 0.1) is 19.3 Å². The fourth-order valence-corrected chi connectivity index (χ4v) is 3.01. The van der Waals surface area contributed by atoms with Crippen molar-refractivity contribution < 1.29 is 9.47 Å². The van der Waals surface area contributed by atoms with Crippen LogP contribution in [0.5, 0.6) is 0 Å². The zero-order valence-corrected chi connectivity index (χ0v) is 19.4. The molecule has 154 valence electrons. The third kappa shape index (κ3) is 9.25. The van der Waals surface area contributed by atoms with Crippen LogP contribution in [0.4, 0.5) is 0 Å². The second kappa shape index (κ2) is 14.2. The summed E-state index contributed by atoms with van der Waals surface area (Å²) in [6.45, 7) is 9.22. The van der Waals surface area contributed by atoms with Crippen LogP contribution in [-0.2, 0) is 22.6 Å². The Morgan fingerprint density at radius 2 is 2.00 bits per heavy atom. The van der Waals surface area contributed by atoms with Crippen LogP contribution >= 0.6 is 24.0 Å². The van der Waals surface area contributed by atoms with Crippen molar-refractivity contribution in [3.63, 3.8) is 0 Å². The Labute approximate surface area is 181 Å². The lowest BCUT2D eigenvalue weighted by molar-refractivity contribution is -0.0390. The van der Waals surface area contributed by atoms with Gasteiger partial charge in [0.15, 0.2) is 5.96 Å². The third-order valence-electron chi connectivity index (χ3n) is 4.60. The Morgan fingerprint density at radius 3 is 2.70 bits per heavy atom. The van der Waals surface area contributed by atoms with E-state index in [1.165, 1.54) is 24.0 Å². The molecule has 0 aromatic heterocycles. The molecule has 0 aliphatic carbocycles. The van der Waals surface area contributed by atoms with Crippen molar-refractivity contribution in [2.45, 2.75) is 58.8 Å². The molecule has 0 bridgehead atoms. The number of ether oxygens (including phenoxy) is 2. The van der Waals surface area contributed by atoms with E-state index in [2.05, 4.69) is 55.4 Å². The molecule has 1 saturated heterocycles. The summed E-state index contributed by atoms with van der Waals surface area (Å²) in [6.07, 6.45) is 4.71. The zero-order valence-electron chi connectivity index (χ0n) is 17.1. The van der Waals surface area contributed by atoms with Crippen LogP contribution in [0.2, 0.25) is 0 Å². The number of rotatable bonds is 9. The minimum atomic E-state index is 0. The number of nitrogens with zero attached hydrogens (tertiary/aromatic N) is 2. The monoisotopic (exact) mass is 489 g/mol. The lowest BCUT2D eigenvalue weighted by atomic mass is 10.1. The van der Waals surface area contributed by atoms with E-state index >= 15 is 0 Å². The predicted octanol–water partition coefficient (Wildman–Crippen LogP) is 4.20. The van der Waals surface area contributed by atoms with Gasteiger partial charge in [-0.1, -0.05) is 37.6 Å². The average Bonchev–Trinajstić information content (AvgIpc) is 2.69. The average molecular weight is 489 g/mol. The number of hydrogen-bond acceptors (Lipinski definition) is 3. The molecule has 0 unspecified atom stereocenters. The molecule has 5 nitrogen and oxygen atoms in total. The summed E-state index contributed by atoms with van der Waals surface area (Å²) in [6, 6.07) is 8.57. The second-order valence-electron chi connectivity index (χ2n) is 6.89. The van der Waals surface area contributed by atoms with Gasteiger partial charge >= 0.3 is 0 Å². The highest BCUT2D eigenvalue weighted by Gasteiger charge is 2.14. The molecular weight excluding hydrogens is 453 g/mol. The third-order valence-corrected chi connectivity index (χ3v) is 4.60. The quantitative estimate of drug-likeness (QED) is 0.321. The van der Waals surface area contributed by atoms with E-state index in [0.29, 0.717) is 19.3 Å². The predicted molar refractivity (Wildman–Crippen MR) is 123 cm³/mol. The van der Waals surface area contributed by atoms with E-state index < -0.39 is 0 Å². The van der Waals surface area contributed by atoms with Crippen LogP contribution in [0, 0.1) is 0 Å². The number of aliphatic imine (C=N–C) groups is 1. The summed E-state index contributed by atoms with van der Waals surface area (Å²) in [7, 11) is 2.11. The molecule has 27 heavy (non-hydrogen) atoms. The number of benzene rings is 1. The molecule has 1 aromatic carbocycles. The van der Waals surface area contributed by atoms with Crippen molar-refractivity contribution in [3.8, 4) is 0 Å². The molecule has 6 heteroatoms. The largest absolute Gasteiger partial charge is 0.381 e. The topological polar surface area (TPSA) is 46.1 Å². The van der Waals surface area contributed by atoms with Gasteiger partial charge < -0.3 is 19.7 Å². The van der Waals surface area contributed by atoms with Gasteiger partial charge in [0.1, 0.15) is 0 Å². The van der Waals surface area contributed by atoms with Gasteiger partial charge in [-0.3, -0.25) is 0 Å². The van der Waals surface area contributed by atoms with E-state index in [1.54, 1.807) is 0 Å². The van der Waals surface area contributed by atoms with Gasteiger partial charge in [0, 0.05) is 33.4 Å². The minimum Gasteiger partial charge on any atom is -0.381 e. The Morgan fingerprint density at radius 1 is 1.26 bits per heavy atom. The van der Waals surface area contributed by atoms with Crippen molar-refractivity contribution in [1.29, 1.82) is 0 Å². The molecule has 0 amide bonds. The van der Waals surface area contributed by atoms with Crippen molar-refractivity contribution in [2.24, 2.45) is 4.99 Å². The Bertz CT molecular complexity index is 548. The van der Waals surface area contributed by atoms with Crippen LogP contribution in [0.3, 0.4) is 0 Å².